The first-order valence-corrected chi connectivity index (χ1v) is 8.36. The molecule has 6 nitrogen and oxygen atoms in total. The number of nitrogens with zero attached hydrogens (tertiary/aromatic N) is 2. The number of rotatable bonds is 10. The summed E-state index contributed by atoms with van der Waals surface area (Å²) in [6.45, 7) is 2.13. The van der Waals surface area contributed by atoms with Gasteiger partial charge in [0.15, 0.2) is 0 Å². The standard InChI is InChI=1S/C18H34N2O4.2BrH/c1-19(2,11-17(23)13-21)9-15-5-7-16(8-6-15)10-20(3,4)12-18(24)14-22;;/h5-8,17-18,21-24H,9-14H2,1-4H3;2*1H/q+2;;/p-2. The summed E-state index contributed by atoms with van der Waals surface area (Å²) in [6.07, 6.45) is -1.40. The van der Waals surface area contributed by atoms with E-state index >= 15 is 0 Å². The average Bonchev–Trinajstić information content (AvgIpc) is 2.47. The number of aliphatic hydroxyl groups is 4. The summed E-state index contributed by atoms with van der Waals surface area (Å²) in [7, 11) is 8.12. The van der Waals surface area contributed by atoms with Crippen molar-refractivity contribution in [3.8, 4) is 0 Å². The lowest BCUT2D eigenvalue weighted by molar-refractivity contribution is -0.906. The first-order chi connectivity index (χ1) is 11.1. The summed E-state index contributed by atoms with van der Waals surface area (Å²) < 4.78 is 1.21. The van der Waals surface area contributed by atoms with Crippen LogP contribution in [0.1, 0.15) is 11.1 Å². The van der Waals surface area contributed by atoms with Gasteiger partial charge in [-0.25, -0.2) is 0 Å². The fraction of sp³-hybridized carbons (Fsp3) is 0.667. The van der Waals surface area contributed by atoms with Crippen molar-refractivity contribution < 1.29 is 63.4 Å². The molecule has 8 heteroatoms. The lowest BCUT2D eigenvalue weighted by Gasteiger charge is -2.32. The fourth-order valence-corrected chi connectivity index (χ4v) is 3.12. The highest BCUT2D eigenvalue weighted by Crippen LogP contribution is 2.15. The molecule has 2 atom stereocenters. The van der Waals surface area contributed by atoms with Gasteiger partial charge in [-0.1, -0.05) is 24.3 Å². The SMILES string of the molecule is C[N+](C)(Cc1ccc(C[N+](C)(C)CC(O)CO)cc1)CC(O)CO.[Br-].[Br-]. The van der Waals surface area contributed by atoms with Gasteiger partial charge < -0.3 is 63.4 Å². The van der Waals surface area contributed by atoms with E-state index in [4.69, 9.17) is 10.2 Å². The van der Waals surface area contributed by atoms with Crippen molar-refractivity contribution in [2.45, 2.75) is 25.3 Å². The van der Waals surface area contributed by atoms with Gasteiger partial charge in [-0.15, -0.1) is 0 Å². The van der Waals surface area contributed by atoms with Gasteiger partial charge in [-0.05, 0) is 0 Å². The normalized spacial score (nSPS) is 14.2. The summed E-state index contributed by atoms with van der Waals surface area (Å²) in [6, 6.07) is 8.35. The van der Waals surface area contributed by atoms with Crippen molar-refractivity contribution >= 4 is 0 Å². The lowest BCUT2D eigenvalue weighted by Crippen LogP contribution is -3.00. The third-order valence-corrected chi connectivity index (χ3v) is 4.08. The Morgan fingerprint density at radius 2 is 0.962 bits per heavy atom. The molecular formula is C18H34Br2N2O4. The van der Waals surface area contributed by atoms with Crippen LogP contribution in [-0.4, -0.2) is 96.1 Å². The Balaban J connectivity index is 0. The van der Waals surface area contributed by atoms with Gasteiger partial charge >= 0.3 is 0 Å². The molecule has 4 N–H and O–H groups in total. The Bertz CT molecular complexity index is 453. The highest BCUT2D eigenvalue weighted by atomic mass is 79.9. The average molecular weight is 502 g/mol. The molecule has 2 unspecified atom stereocenters. The zero-order chi connectivity index (χ0) is 18.4. The van der Waals surface area contributed by atoms with E-state index in [1.54, 1.807) is 0 Å². The second kappa shape index (κ2) is 12.4. The van der Waals surface area contributed by atoms with Crippen molar-refractivity contribution in [3.63, 3.8) is 0 Å². The zero-order valence-corrected chi connectivity index (χ0v) is 19.3. The monoisotopic (exact) mass is 500 g/mol. The molecule has 154 valence electrons. The predicted molar refractivity (Wildman–Crippen MR) is 94.0 cm³/mol. The van der Waals surface area contributed by atoms with Crippen LogP contribution in [0.15, 0.2) is 24.3 Å². The summed E-state index contributed by atoms with van der Waals surface area (Å²) in [4.78, 5) is 0. The van der Waals surface area contributed by atoms with Gasteiger partial charge in [0.05, 0.1) is 41.4 Å². The molecule has 0 saturated carbocycles. The zero-order valence-electron chi connectivity index (χ0n) is 16.1. The summed E-state index contributed by atoms with van der Waals surface area (Å²) >= 11 is 0. The maximum absolute atomic E-state index is 9.63. The maximum atomic E-state index is 9.63. The summed E-state index contributed by atoms with van der Waals surface area (Å²) in [5.74, 6) is 0. The molecule has 0 amide bonds. The van der Waals surface area contributed by atoms with E-state index in [1.165, 1.54) is 11.1 Å². The highest BCUT2D eigenvalue weighted by Gasteiger charge is 2.22. The van der Waals surface area contributed by atoms with Crippen molar-refractivity contribution in [2.75, 3.05) is 54.5 Å². The van der Waals surface area contributed by atoms with Crippen LogP contribution in [0, 0.1) is 0 Å². The quantitative estimate of drug-likeness (QED) is 0.240. The van der Waals surface area contributed by atoms with Gasteiger partial charge in [0.25, 0.3) is 0 Å². The molecule has 0 aliphatic heterocycles. The Hall–Kier alpha value is -0.0600. The Morgan fingerprint density at radius 1 is 0.692 bits per heavy atom. The largest absolute Gasteiger partial charge is 1.00 e. The van der Waals surface area contributed by atoms with Crippen LogP contribution < -0.4 is 34.0 Å². The van der Waals surface area contributed by atoms with Crippen LogP contribution in [-0.2, 0) is 13.1 Å². The molecule has 1 aromatic rings. The van der Waals surface area contributed by atoms with E-state index in [9.17, 15) is 10.2 Å². The number of quaternary nitrogens is 2. The van der Waals surface area contributed by atoms with E-state index in [2.05, 4.69) is 24.3 Å². The maximum Gasteiger partial charge on any atom is 0.126 e. The second-order valence-corrected chi connectivity index (χ2v) is 8.04. The third-order valence-electron chi connectivity index (χ3n) is 4.08. The molecule has 26 heavy (non-hydrogen) atoms. The second-order valence-electron chi connectivity index (χ2n) is 8.04. The van der Waals surface area contributed by atoms with E-state index in [1.807, 2.05) is 28.2 Å². The molecular weight excluding hydrogens is 468 g/mol. The lowest BCUT2D eigenvalue weighted by atomic mass is 10.1. The topological polar surface area (TPSA) is 80.9 Å². The summed E-state index contributed by atoms with van der Waals surface area (Å²) in [5.41, 5.74) is 2.35. The molecule has 0 heterocycles. The smallest absolute Gasteiger partial charge is 0.126 e. The van der Waals surface area contributed by atoms with Crippen LogP contribution in [0.2, 0.25) is 0 Å². The summed E-state index contributed by atoms with van der Waals surface area (Å²) in [5, 5.41) is 37.2. The van der Waals surface area contributed by atoms with E-state index < -0.39 is 12.2 Å². The van der Waals surface area contributed by atoms with Gasteiger partial charge in [-0.3, -0.25) is 0 Å². The van der Waals surface area contributed by atoms with Crippen molar-refractivity contribution in [1.82, 2.24) is 0 Å². The Labute approximate surface area is 178 Å². The number of benzene rings is 1. The van der Waals surface area contributed by atoms with Crippen molar-refractivity contribution in [2.24, 2.45) is 0 Å². The van der Waals surface area contributed by atoms with Crippen LogP contribution in [0.3, 0.4) is 0 Å². The molecule has 0 aromatic heterocycles. The number of aliphatic hydroxyl groups excluding tert-OH is 4. The Kier molecular flexibility index (Phi) is 13.4. The van der Waals surface area contributed by atoms with Crippen LogP contribution in [0.4, 0.5) is 0 Å². The van der Waals surface area contributed by atoms with Crippen LogP contribution in [0.5, 0.6) is 0 Å². The molecule has 0 spiro atoms. The molecule has 0 bridgehead atoms. The third kappa shape index (κ3) is 10.9. The predicted octanol–water partition coefficient (Wildman–Crippen LogP) is -6.45. The molecule has 0 radical (unpaired) electrons. The minimum absolute atomic E-state index is 0. The van der Waals surface area contributed by atoms with Gasteiger partial charge in [0.2, 0.25) is 0 Å². The molecule has 1 aromatic carbocycles. The molecule has 0 saturated heterocycles. The number of halogens is 2. The fourth-order valence-electron chi connectivity index (χ4n) is 3.12. The molecule has 0 aliphatic carbocycles. The van der Waals surface area contributed by atoms with E-state index in [0.29, 0.717) is 22.1 Å². The van der Waals surface area contributed by atoms with Crippen LogP contribution in [0.25, 0.3) is 0 Å². The minimum Gasteiger partial charge on any atom is -1.00 e. The number of hydrogen-bond acceptors (Lipinski definition) is 4. The van der Waals surface area contributed by atoms with Crippen LogP contribution >= 0.6 is 0 Å². The molecule has 0 fully saturated rings. The number of hydrogen-bond donors (Lipinski definition) is 4. The van der Waals surface area contributed by atoms with Gasteiger partial charge in [0, 0.05) is 11.1 Å². The Morgan fingerprint density at radius 3 is 1.19 bits per heavy atom. The van der Waals surface area contributed by atoms with Gasteiger partial charge in [-0.2, -0.15) is 0 Å². The molecule has 1 rings (SSSR count). The first-order valence-electron chi connectivity index (χ1n) is 8.36. The minimum atomic E-state index is -0.699. The first kappa shape index (κ1) is 28.2. The van der Waals surface area contributed by atoms with Crippen molar-refractivity contribution in [1.29, 1.82) is 0 Å². The van der Waals surface area contributed by atoms with E-state index in [0.717, 1.165) is 13.1 Å². The molecule has 0 aliphatic rings. The highest BCUT2D eigenvalue weighted by molar-refractivity contribution is 5.21. The van der Waals surface area contributed by atoms with Crippen molar-refractivity contribution in [3.05, 3.63) is 35.4 Å². The van der Waals surface area contributed by atoms with E-state index in [-0.39, 0.29) is 47.2 Å². The van der Waals surface area contributed by atoms with Gasteiger partial charge in [0.1, 0.15) is 38.4 Å². The number of likely N-dealkylation sites (N-methyl/N-ethyl adjacent to an activating group) is 2.